The number of nitrogens with zero attached hydrogens (tertiary/aromatic N) is 1. The number of hydrogen-bond acceptors (Lipinski definition) is 6. The number of benzene rings is 1. The highest BCUT2D eigenvalue weighted by Crippen LogP contribution is 2.27. The van der Waals surface area contributed by atoms with Crippen molar-refractivity contribution in [1.82, 2.24) is 10.4 Å². The quantitative estimate of drug-likeness (QED) is 0.516. The van der Waals surface area contributed by atoms with E-state index in [1.54, 1.807) is 7.05 Å². The highest BCUT2D eigenvalue weighted by molar-refractivity contribution is 5.99. The number of hydrogen-bond donors (Lipinski definition) is 2. The summed E-state index contributed by atoms with van der Waals surface area (Å²) in [6.07, 6.45) is 0.341. The molecule has 0 saturated carbocycles. The maximum absolute atomic E-state index is 12.8. The third kappa shape index (κ3) is 5.38. The number of carbonyl (C=O) groups excluding carboxylic acids is 2. The first-order valence-corrected chi connectivity index (χ1v) is 7.86. The molecule has 7 nitrogen and oxygen atoms in total. The molecule has 7 heteroatoms. The fraction of sp³-hybridized carbons (Fsp3) is 0.529. The van der Waals surface area contributed by atoms with E-state index in [0.717, 1.165) is 5.56 Å². The van der Waals surface area contributed by atoms with Crippen LogP contribution in [0.15, 0.2) is 30.3 Å². The maximum atomic E-state index is 12.8. The molecule has 0 aliphatic heterocycles. The summed E-state index contributed by atoms with van der Waals surface area (Å²) in [6.45, 7) is 3.84. The Morgan fingerprint density at radius 2 is 1.92 bits per heavy atom. The highest BCUT2D eigenvalue weighted by atomic mass is 16.7. The van der Waals surface area contributed by atoms with Gasteiger partial charge in [0.05, 0.1) is 20.3 Å². The van der Waals surface area contributed by atoms with E-state index in [1.165, 1.54) is 12.2 Å². The molecule has 0 unspecified atom stereocenters. The standard InChI is InChI=1S/C17H27N3O4/c1-13(2)10-17(20(3)23-4,16(22)19-15(21)11-18)24-12-14-8-6-5-7-9-14/h5-9,13H,10-12,18H2,1-4H3,(H,19,21,22)/t17-/m1/s1. The number of ether oxygens (including phenoxy) is 1. The average Bonchev–Trinajstić information content (AvgIpc) is 2.58. The van der Waals surface area contributed by atoms with Gasteiger partial charge in [-0.1, -0.05) is 44.2 Å². The van der Waals surface area contributed by atoms with Crippen LogP contribution in [0.2, 0.25) is 0 Å². The first kappa shape index (κ1) is 20.2. The second-order valence-corrected chi connectivity index (χ2v) is 5.92. The molecule has 1 atom stereocenters. The summed E-state index contributed by atoms with van der Waals surface area (Å²) in [6, 6.07) is 9.48. The largest absolute Gasteiger partial charge is 0.345 e. The number of likely N-dealkylation sites (N-methyl/N-ethyl adjacent to an activating group) is 1. The molecular formula is C17H27N3O4. The van der Waals surface area contributed by atoms with E-state index >= 15 is 0 Å². The molecule has 0 bridgehead atoms. The molecule has 0 radical (unpaired) electrons. The van der Waals surface area contributed by atoms with Crippen LogP contribution < -0.4 is 11.1 Å². The van der Waals surface area contributed by atoms with Crippen LogP contribution in [0, 0.1) is 5.92 Å². The van der Waals surface area contributed by atoms with Crippen LogP contribution in [0.4, 0.5) is 0 Å². The van der Waals surface area contributed by atoms with Crippen molar-refractivity contribution in [1.29, 1.82) is 0 Å². The lowest BCUT2D eigenvalue weighted by molar-refractivity contribution is -0.281. The normalized spacial score (nSPS) is 13.8. The number of nitrogens with two attached hydrogens (primary N) is 1. The molecule has 0 heterocycles. The van der Waals surface area contributed by atoms with Gasteiger partial charge in [-0.25, -0.2) is 0 Å². The predicted molar refractivity (Wildman–Crippen MR) is 90.4 cm³/mol. The van der Waals surface area contributed by atoms with Crippen molar-refractivity contribution in [3.8, 4) is 0 Å². The van der Waals surface area contributed by atoms with Gasteiger partial charge in [-0.2, -0.15) is 5.06 Å². The minimum atomic E-state index is -1.44. The Morgan fingerprint density at radius 1 is 1.29 bits per heavy atom. The van der Waals surface area contributed by atoms with Crippen LogP contribution in [0.1, 0.15) is 25.8 Å². The Balaban J connectivity index is 3.09. The van der Waals surface area contributed by atoms with Gasteiger partial charge in [-0.05, 0) is 11.5 Å². The zero-order valence-corrected chi connectivity index (χ0v) is 14.7. The number of amides is 2. The van der Waals surface area contributed by atoms with Crippen molar-refractivity contribution in [3.05, 3.63) is 35.9 Å². The van der Waals surface area contributed by atoms with Crippen LogP contribution in [0.3, 0.4) is 0 Å². The summed E-state index contributed by atoms with van der Waals surface area (Å²) >= 11 is 0. The lowest BCUT2D eigenvalue weighted by Crippen LogP contribution is -2.61. The molecule has 0 fully saturated rings. The Labute approximate surface area is 143 Å². The topological polar surface area (TPSA) is 93.9 Å². The van der Waals surface area contributed by atoms with Crippen molar-refractivity contribution in [3.63, 3.8) is 0 Å². The third-order valence-corrected chi connectivity index (χ3v) is 3.58. The van der Waals surface area contributed by atoms with Gasteiger partial charge in [0, 0.05) is 13.5 Å². The SMILES string of the molecule is CON(C)[C@](CC(C)C)(OCc1ccccc1)C(=O)NC(=O)CN. The van der Waals surface area contributed by atoms with E-state index in [4.69, 9.17) is 15.3 Å². The molecule has 1 aromatic carbocycles. The Morgan fingerprint density at radius 3 is 2.42 bits per heavy atom. The molecule has 0 aliphatic carbocycles. The van der Waals surface area contributed by atoms with Crippen LogP contribution in [-0.4, -0.2) is 43.3 Å². The van der Waals surface area contributed by atoms with E-state index in [9.17, 15) is 9.59 Å². The number of hydroxylamine groups is 2. The predicted octanol–water partition coefficient (Wildman–Crippen LogP) is 1.04. The fourth-order valence-corrected chi connectivity index (χ4v) is 2.33. The van der Waals surface area contributed by atoms with E-state index in [1.807, 2.05) is 44.2 Å². The van der Waals surface area contributed by atoms with Crippen LogP contribution in [0.25, 0.3) is 0 Å². The third-order valence-electron chi connectivity index (χ3n) is 3.58. The first-order valence-electron chi connectivity index (χ1n) is 7.86. The summed E-state index contributed by atoms with van der Waals surface area (Å²) in [5, 5.41) is 3.61. The van der Waals surface area contributed by atoms with Crippen LogP contribution in [-0.2, 0) is 25.8 Å². The zero-order valence-electron chi connectivity index (χ0n) is 14.7. The second-order valence-electron chi connectivity index (χ2n) is 5.92. The Hall–Kier alpha value is -1.80. The molecule has 24 heavy (non-hydrogen) atoms. The van der Waals surface area contributed by atoms with E-state index < -0.39 is 17.5 Å². The lowest BCUT2D eigenvalue weighted by Gasteiger charge is -2.39. The molecule has 134 valence electrons. The van der Waals surface area contributed by atoms with E-state index in [0.29, 0.717) is 6.42 Å². The highest BCUT2D eigenvalue weighted by Gasteiger charge is 2.45. The Bertz CT molecular complexity index is 536. The van der Waals surface area contributed by atoms with Crippen molar-refractivity contribution >= 4 is 11.8 Å². The van der Waals surface area contributed by atoms with Crippen LogP contribution in [0.5, 0.6) is 0 Å². The van der Waals surface area contributed by atoms with E-state index in [2.05, 4.69) is 5.32 Å². The fourth-order valence-electron chi connectivity index (χ4n) is 2.33. The number of rotatable bonds is 9. The molecule has 1 rings (SSSR count). The van der Waals surface area contributed by atoms with Crippen molar-refractivity contribution in [2.24, 2.45) is 11.7 Å². The van der Waals surface area contributed by atoms with Crippen molar-refractivity contribution < 1.29 is 19.2 Å². The van der Waals surface area contributed by atoms with Gasteiger partial charge in [0.2, 0.25) is 11.6 Å². The van der Waals surface area contributed by atoms with Gasteiger partial charge in [0.1, 0.15) is 0 Å². The monoisotopic (exact) mass is 337 g/mol. The average molecular weight is 337 g/mol. The van der Waals surface area contributed by atoms with Crippen molar-refractivity contribution in [2.45, 2.75) is 32.6 Å². The zero-order chi connectivity index (χ0) is 18.2. The molecule has 0 aliphatic rings. The van der Waals surface area contributed by atoms with E-state index in [-0.39, 0.29) is 19.1 Å². The summed E-state index contributed by atoms with van der Waals surface area (Å²) in [5.41, 5.74) is 4.76. The number of nitrogens with one attached hydrogen (secondary N) is 1. The molecule has 0 saturated heterocycles. The Kier molecular flexibility index (Phi) is 8.00. The van der Waals surface area contributed by atoms with Gasteiger partial charge in [-0.3, -0.25) is 19.7 Å². The summed E-state index contributed by atoms with van der Waals surface area (Å²) in [5.74, 6) is -1.04. The number of imide groups is 1. The molecule has 1 aromatic rings. The van der Waals surface area contributed by atoms with Gasteiger partial charge in [0.15, 0.2) is 0 Å². The summed E-state index contributed by atoms with van der Waals surface area (Å²) < 4.78 is 5.98. The van der Waals surface area contributed by atoms with Gasteiger partial charge in [-0.15, -0.1) is 0 Å². The van der Waals surface area contributed by atoms with Gasteiger partial charge >= 0.3 is 0 Å². The molecule has 0 aromatic heterocycles. The second kappa shape index (κ2) is 9.48. The van der Waals surface area contributed by atoms with Crippen molar-refractivity contribution in [2.75, 3.05) is 20.7 Å². The molecule has 3 N–H and O–H groups in total. The van der Waals surface area contributed by atoms with Crippen LogP contribution >= 0.6 is 0 Å². The smallest absolute Gasteiger partial charge is 0.276 e. The minimum Gasteiger partial charge on any atom is -0.345 e. The first-order chi connectivity index (χ1) is 11.4. The van der Waals surface area contributed by atoms with Gasteiger partial charge in [0.25, 0.3) is 5.91 Å². The summed E-state index contributed by atoms with van der Waals surface area (Å²) in [4.78, 5) is 29.6. The molecule has 0 spiro atoms. The minimum absolute atomic E-state index is 0.122. The van der Waals surface area contributed by atoms with Gasteiger partial charge < -0.3 is 10.5 Å². The number of carbonyl (C=O) groups is 2. The maximum Gasteiger partial charge on any atom is 0.276 e. The lowest BCUT2D eigenvalue weighted by atomic mass is 9.98. The summed E-state index contributed by atoms with van der Waals surface area (Å²) in [7, 11) is 3.04. The molecule has 2 amide bonds. The molecular weight excluding hydrogens is 310 g/mol.